The van der Waals surface area contributed by atoms with Gasteiger partial charge in [0.2, 0.25) is 5.95 Å². The first kappa shape index (κ1) is 24.0. The first-order chi connectivity index (χ1) is 15.4. The fraction of sp³-hybridized carbons (Fsp3) is 0.238. The Morgan fingerprint density at radius 2 is 1.88 bits per heavy atom. The molecular formula is C21H21F2N5O4S. The SMILES string of the molecule is COC(=O)N(C)c1nccc(Nc2sc(-c3c(F)cc(C(C)(C)O)cc3F)cc2C(N)=O)n1. The number of amides is 2. The number of anilines is 3. The van der Waals surface area contributed by atoms with Gasteiger partial charge in [-0.2, -0.15) is 4.98 Å². The Kier molecular flexibility index (Phi) is 6.60. The van der Waals surface area contributed by atoms with Gasteiger partial charge < -0.3 is 20.9 Å². The molecule has 0 bridgehead atoms. The van der Waals surface area contributed by atoms with E-state index in [9.17, 15) is 23.5 Å². The van der Waals surface area contributed by atoms with Crippen molar-refractivity contribution >= 4 is 40.1 Å². The summed E-state index contributed by atoms with van der Waals surface area (Å²) in [5.41, 5.74) is 3.70. The van der Waals surface area contributed by atoms with Crippen molar-refractivity contribution in [3.8, 4) is 10.4 Å². The number of primary amides is 1. The third kappa shape index (κ3) is 5.07. The van der Waals surface area contributed by atoms with Crippen LogP contribution < -0.4 is 16.0 Å². The van der Waals surface area contributed by atoms with Gasteiger partial charge in [-0.15, -0.1) is 11.3 Å². The van der Waals surface area contributed by atoms with E-state index >= 15 is 0 Å². The molecule has 1 aromatic carbocycles. The minimum absolute atomic E-state index is 0.0122. The maximum Gasteiger partial charge on any atom is 0.416 e. The third-order valence-electron chi connectivity index (χ3n) is 4.63. The van der Waals surface area contributed by atoms with Crippen molar-refractivity contribution in [2.24, 2.45) is 5.73 Å². The number of nitrogens with zero attached hydrogens (tertiary/aromatic N) is 3. The molecule has 0 atom stereocenters. The van der Waals surface area contributed by atoms with Crippen molar-refractivity contribution in [2.45, 2.75) is 19.4 Å². The van der Waals surface area contributed by atoms with Gasteiger partial charge in [0.15, 0.2) is 0 Å². The van der Waals surface area contributed by atoms with E-state index in [1.165, 1.54) is 46.3 Å². The highest BCUT2D eigenvalue weighted by atomic mass is 32.1. The number of rotatable bonds is 6. The second-order valence-electron chi connectivity index (χ2n) is 7.49. The maximum atomic E-state index is 14.8. The molecule has 0 spiro atoms. The highest BCUT2D eigenvalue weighted by Crippen LogP contribution is 2.40. The summed E-state index contributed by atoms with van der Waals surface area (Å²) in [6, 6.07) is 4.81. The number of hydrogen-bond donors (Lipinski definition) is 3. The molecule has 12 heteroatoms. The van der Waals surface area contributed by atoms with Crippen LogP contribution in [-0.4, -0.2) is 41.2 Å². The van der Waals surface area contributed by atoms with Gasteiger partial charge in [-0.3, -0.25) is 4.79 Å². The normalized spacial score (nSPS) is 11.2. The molecule has 2 amide bonds. The number of nitrogens with two attached hydrogens (primary N) is 1. The van der Waals surface area contributed by atoms with Crippen LogP contribution in [0.1, 0.15) is 29.8 Å². The molecule has 0 aliphatic carbocycles. The lowest BCUT2D eigenvalue weighted by molar-refractivity contribution is 0.0778. The molecule has 3 aromatic rings. The van der Waals surface area contributed by atoms with Gasteiger partial charge in [0.05, 0.1) is 23.8 Å². The molecular weight excluding hydrogens is 456 g/mol. The molecule has 4 N–H and O–H groups in total. The van der Waals surface area contributed by atoms with Crippen molar-refractivity contribution in [3.63, 3.8) is 0 Å². The fourth-order valence-electron chi connectivity index (χ4n) is 2.87. The minimum atomic E-state index is -1.44. The lowest BCUT2D eigenvalue weighted by Gasteiger charge is -2.18. The van der Waals surface area contributed by atoms with Gasteiger partial charge in [-0.05, 0) is 43.7 Å². The lowest BCUT2D eigenvalue weighted by Crippen LogP contribution is -2.27. The quantitative estimate of drug-likeness (QED) is 0.493. The molecule has 33 heavy (non-hydrogen) atoms. The van der Waals surface area contributed by atoms with E-state index in [1.807, 2.05) is 0 Å². The van der Waals surface area contributed by atoms with E-state index in [0.29, 0.717) is 0 Å². The molecule has 9 nitrogen and oxygen atoms in total. The second-order valence-corrected chi connectivity index (χ2v) is 8.54. The average Bonchev–Trinajstić information content (AvgIpc) is 3.15. The zero-order valence-corrected chi connectivity index (χ0v) is 19.0. The number of nitrogens with one attached hydrogen (secondary N) is 1. The van der Waals surface area contributed by atoms with Crippen molar-refractivity contribution in [1.29, 1.82) is 0 Å². The van der Waals surface area contributed by atoms with Crippen molar-refractivity contribution in [2.75, 3.05) is 24.4 Å². The Hall–Kier alpha value is -3.64. The smallest absolute Gasteiger partial charge is 0.416 e. The fourth-order valence-corrected chi connectivity index (χ4v) is 3.99. The Morgan fingerprint density at radius 3 is 2.42 bits per heavy atom. The number of thiophene rings is 1. The summed E-state index contributed by atoms with van der Waals surface area (Å²) in [5.74, 6) is -2.41. The lowest BCUT2D eigenvalue weighted by atomic mass is 9.96. The van der Waals surface area contributed by atoms with Crippen LogP contribution in [0.15, 0.2) is 30.5 Å². The third-order valence-corrected chi connectivity index (χ3v) is 5.69. The number of aliphatic hydroxyl groups is 1. The van der Waals surface area contributed by atoms with E-state index in [-0.39, 0.29) is 38.3 Å². The highest BCUT2D eigenvalue weighted by molar-refractivity contribution is 7.20. The summed E-state index contributed by atoms with van der Waals surface area (Å²) in [5, 5.41) is 13.1. The summed E-state index contributed by atoms with van der Waals surface area (Å²) >= 11 is 0.882. The van der Waals surface area contributed by atoms with Crippen LogP contribution in [0.5, 0.6) is 0 Å². The number of ether oxygens (including phenoxy) is 1. The summed E-state index contributed by atoms with van der Waals surface area (Å²) in [4.78, 5) is 33.0. The van der Waals surface area contributed by atoms with E-state index in [1.54, 1.807) is 0 Å². The Balaban J connectivity index is 2.02. The first-order valence-electron chi connectivity index (χ1n) is 9.50. The zero-order chi connectivity index (χ0) is 24.5. The summed E-state index contributed by atoms with van der Waals surface area (Å²) in [7, 11) is 2.62. The monoisotopic (exact) mass is 477 g/mol. The highest BCUT2D eigenvalue weighted by Gasteiger charge is 2.24. The van der Waals surface area contributed by atoms with Crippen molar-refractivity contribution < 1.29 is 28.2 Å². The molecule has 0 aliphatic rings. The van der Waals surface area contributed by atoms with E-state index in [0.717, 1.165) is 28.4 Å². The molecule has 2 heterocycles. The summed E-state index contributed by atoms with van der Waals surface area (Å²) in [6.45, 7) is 2.82. The number of hydrogen-bond acceptors (Lipinski definition) is 8. The molecule has 3 rings (SSSR count). The topological polar surface area (TPSA) is 131 Å². The number of carbonyl (C=O) groups excluding carboxylic acids is 2. The summed E-state index contributed by atoms with van der Waals surface area (Å²) < 4.78 is 34.2. The van der Waals surface area contributed by atoms with Crippen LogP contribution in [0.4, 0.5) is 30.3 Å². The summed E-state index contributed by atoms with van der Waals surface area (Å²) in [6.07, 6.45) is 0.681. The average molecular weight is 477 g/mol. The van der Waals surface area contributed by atoms with Gasteiger partial charge in [-0.25, -0.2) is 23.5 Å². The Bertz CT molecular complexity index is 1200. The molecule has 0 fully saturated rings. The van der Waals surface area contributed by atoms with Crippen LogP contribution >= 0.6 is 11.3 Å². The zero-order valence-electron chi connectivity index (χ0n) is 18.1. The van der Waals surface area contributed by atoms with Crippen LogP contribution in [0.25, 0.3) is 10.4 Å². The molecule has 0 saturated heterocycles. The molecule has 0 unspecified atom stereocenters. The standard InChI is InChI=1S/C21H21F2N5O4S/c1-21(2,31)10-7-12(22)16(13(23)8-10)14-9-11(17(24)29)18(33-14)26-15-5-6-25-19(27-15)28(3)20(30)32-4/h5-9,31H,1-4H3,(H2,24,29)(H,25,26,27). The first-order valence-corrected chi connectivity index (χ1v) is 10.3. The minimum Gasteiger partial charge on any atom is -0.452 e. The Morgan fingerprint density at radius 1 is 1.24 bits per heavy atom. The van der Waals surface area contributed by atoms with E-state index in [4.69, 9.17) is 5.73 Å². The second kappa shape index (κ2) is 9.08. The molecule has 0 aliphatic heterocycles. The van der Waals surface area contributed by atoms with E-state index in [2.05, 4.69) is 20.0 Å². The number of carbonyl (C=O) groups is 2. The van der Waals surface area contributed by atoms with Gasteiger partial charge in [0, 0.05) is 18.1 Å². The van der Waals surface area contributed by atoms with Gasteiger partial charge in [0.25, 0.3) is 5.91 Å². The van der Waals surface area contributed by atoms with Crippen molar-refractivity contribution in [1.82, 2.24) is 9.97 Å². The molecule has 0 radical (unpaired) electrons. The number of methoxy groups -OCH3 is 1. The van der Waals surface area contributed by atoms with Gasteiger partial charge >= 0.3 is 6.09 Å². The molecule has 0 saturated carbocycles. The number of benzene rings is 1. The van der Waals surface area contributed by atoms with Crippen LogP contribution in [0.3, 0.4) is 0 Å². The molecule has 2 aromatic heterocycles. The van der Waals surface area contributed by atoms with Gasteiger partial charge in [-0.1, -0.05) is 0 Å². The van der Waals surface area contributed by atoms with Crippen molar-refractivity contribution in [3.05, 3.63) is 53.2 Å². The number of halogens is 2. The predicted octanol–water partition coefficient (Wildman–Crippen LogP) is 3.76. The van der Waals surface area contributed by atoms with E-state index < -0.39 is 29.2 Å². The number of aromatic nitrogens is 2. The van der Waals surface area contributed by atoms with Crippen LogP contribution in [0, 0.1) is 11.6 Å². The largest absolute Gasteiger partial charge is 0.452 e. The molecule has 174 valence electrons. The van der Waals surface area contributed by atoms with Crippen LogP contribution in [0.2, 0.25) is 0 Å². The predicted molar refractivity (Wildman–Crippen MR) is 120 cm³/mol. The van der Waals surface area contributed by atoms with Gasteiger partial charge in [0.1, 0.15) is 22.5 Å². The Labute approximate surface area is 191 Å². The maximum absolute atomic E-state index is 14.8. The van der Waals surface area contributed by atoms with Crippen LogP contribution in [-0.2, 0) is 10.3 Å².